The number of nitrogens with zero attached hydrogens (tertiary/aromatic N) is 2. The van der Waals surface area contributed by atoms with Gasteiger partial charge in [-0.2, -0.15) is 0 Å². The second-order valence-electron chi connectivity index (χ2n) is 8.74. The smallest absolute Gasteiger partial charge is 0.333 e. The molecule has 2 saturated carbocycles. The monoisotopic (exact) mass is 481 g/mol. The van der Waals surface area contributed by atoms with Crippen LogP contribution in [0.4, 0.5) is 4.79 Å². The summed E-state index contributed by atoms with van der Waals surface area (Å²) in [6, 6.07) is -1.62. The summed E-state index contributed by atoms with van der Waals surface area (Å²) in [4.78, 5) is 62.9. The third-order valence-electron chi connectivity index (χ3n) is 6.52. The zero-order chi connectivity index (χ0) is 25.3. The fraction of sp³-hybridized carbons (Fsp3) is 0.696. The number of urea groups is 1. The van der Waals surface area contributed by atoms with Crippen molar-refractivity contribution in [1.29, 1.82) is 0 Å². The van der Waals surface area contributed by atoms with Crippen molar-refractivity contribution >= 4 is 30.3 Å². The number of aliphatic carboxylic acids is 1. The average Bonchev–Trinajstić information content (AvgIpc) is 2.83. The minimum Gasteiger partial charge on any atom is -0.494 e. The summed E-state index contributed by atoms with van der Waals surface area (Å²) >= 11 is 0. The van der Waals surface area contributed by atoms with Gasteiger partial charge in [0.25, 0.3) is 5.91 Å². The number of carbonyl (C=O) groups excluding carboxylic acids is 4. The first-order valence-electron chi connectivity index (χ1n) is 11.8. The molecule has 190 valence electrons. The van der Waals surface area contributed by atoms with E-state index in [1.165, 1.54) is 6.92 Å². The Balaban J connectivity index is 2.24. The number of rotatable bonds is 9. The average molecular weight is 482 g/mol. The van der Waals surface area contributed by atoms with E-state index in [9.17, 15) is 34.2 Å². The van der Waals surface area contributed by atoms with Crippen molar-refractivity contribution in [2.45, 2.75) is 83.7 Å². The van der Waals surface area contributed by atoms with Crippen LogP contribution < -0.4 is 5.32 Å². The van der Waals surface area contributed by atoms with Crippen molar-refractivity contribution in [1.82, 2.24) is 15.1 Å². The Labute approximate surface area is 199 Å². The highest BCUT2D eigenvalue weighted by atomic mass is 16.5. The zero-order valence-corrected chi connectivity index (χ0v) is 19.8. The number of esters is 1. The molecule has 2 aliphatic carbocycles. The summed E-state index contributed by atoms with van der Waals surface area (Å²) in [7, 11) is 0. The Bertz CT molecular complexity index is 798. The topological polar surface area (TPSA) is 154 Å². The third-order valence-corrected chi connectivity index (χ3v) is 6.52. The second kappa shape index (κ2) is 13.0. The van der Waals surface area contributed by atoms with Crippen LogP contribution in [0.1, 0.15) is 71.6 Å². The Morgan fingerprint density at radius 1 is 0.971 bits per heavy atom. The van der Waals surface area contributed by atoms with Crippen molar-refractivity contribution < 1.29 is 38.9 Å². The first-order chi connectivity index (χ1) is 16.2. The predicted molar refractivity (Wildman–Crippen MR) is 120 cm³/mol. The Morgan fingerprint density at radius 2 is 1.59 bits per heavy atom. The number of carboxylic acid groups (broad SMARTS) is 1. The molecule has 0 aromatic carbocycles. The molecule has 3 N–H and O–H groups in total. The molecule has 0 radical (unpaired) electrons. The maximum atomic E-state index is 13.5. The second-order valence-corrected chi connectivity index (χ2v) is 8.74. The number of amides is 4. The number of hydrogen-bond acceptors (Lipinski definition) is 7. The molecule has 0 bridgehead atoms. The van der Waals surface area contributed by atoms with Crippen molar-refractivity contribution in [3.63, 3.8) is 0 Å². The van der Waals surface area contributed by atoms with Crippen LogP contribution in [0, 0.1) is 5.92 Å². The van der Waals surface area contributed by atoms with Crippen LogP contribution in [-0.4, -0.2) is 75.5 Å². The molecule has 11 heteroatoms. The molecule has 2 fully saturated rings. The summed E-state index contributed by atoms with van der Waals surface area (Å²) in [6.45, 7) is 2.75. The highest BCUT2D eigenvalue weighted by molar-refractivity contribution is 5.96. The van der Waals surface area contributed by atoms with Gasteiger partial charge in [-0.15, -0.1) is 0 Å². The van der Waals surface area contributed by atoms with Gasteiger partial charge in [-0.05, 0) is 52.4 Å². The largest absolute Gasteiger partial charge is 0.494 e. The first-order valence-corrected chi connectivity index (χ1v) is 11.8. The lowest BCUT2D eigenvalue weighted by atomic mass is 9.85. The highest BCUT2D eigenvalue weighted by Crippen LogP contribution is 2.31. The van der Waals surface area contributed by atoms with E-state index in [0.29, 0.717) is 44.9 Å². The van der Waals surface area contributed by atoms with Gasteiger partial charge in [-0.25, -0.2) is 4.79 Å². The van der Waals surface area contributed by atoms with Crippen molar-refractivity contribution in [3.05, 3.63) is 11.5 Å². The summed E-state index contributed by atoms with van der Waals surface area (Å²) < 4.78 is 4.77. The number of aliphatic hydroxyl groups excluding tert-OH is 1. The summed E-state index contributed by atoms with van der Waals surface area (Å²) in [5, 5.41) is 22.6. The van der Waals surface area contributed by atoms with Crippen molar-refractivity contribution in [2.75, 3.05) is 13.2 Å². The molecule has 11 nitrogen and oxygen atoms in total. The molecule has 0 heterocycles. The van der Waals surface area contributed by atoms with E-state index >= 15 is 0 Å². The SMILES string of the molecule is CCOC(=O)CNC(=O)/C(C)=C(\O)N(C(=O)N(C=O)C1CCC(C(=O)O)CC1)C1CCCCC1. The van der Waals surface area contributed by atoms with Gasteiger partial charge in [0.05, 0.1) is 18.1 Å². The van der Waals surface area contributed by atoms with Gasteiger partial charge in [0.1, 0.15) is 6.54 Å². The fourth-order valence-electron chi connectivity index (χ4n) is 4.55. The van der Waals surface area contributed by atoms with Crippen molar-refractivity contribution in [2.24, 2.45) is 5.92 Å². The van der Waals surface area contributed by atoms with Crippen LogP contribution >= 0.6 is 0 Å². The van der Waals surface area contributed by atoms with E-state index in [1.54, 1.807) is 6.92 Å². The van der Waals surface area contributed by atoms with Gasteiger partial charge in [0, 0.05) is 12.1 Å². The van der Waals surface area contributed by atoms with E-state index in [-0.39, 0.29) is 18.7 Å². The van der Waals surface area contributed by atoms with Gasteiger partial charge in [0.2, 0.25) is 12.3 Å². The van der Waals surface area contributed by atoms with Crippen LogP contribution in [0.15, 0.2) is 11.5 Å². The minimum atomic E-state index is -0.892. The number of ether oxygens (including phenoxy) is 1. The van der Waals surface area contributed by atoms with Gasteiger partial charge < -0.3 is 20.3 Å². The van der Waals surface area contributed by atoms with Crippen LogP contribution in [0.2, 0.25) is 0 Å². The number of imide groups is 1. The lowest BCUT2D eigenvalue weighted by Crippen LogP contribution is -2.52. The fourth-order valence-corrected chi connectivity index (χ4v) is 4.55. The standard InChI is InChI=1S/C23H35N3O8/c1-3-34-19(28)13-24-20(29)15(2)21(30)26(18-7-5-4-6-8-18)23(33)25(14-27)17-11-9-16(10-12-17)22(31)32/h14,16-18,30H,3-13H2,1-2H3,(H,24,29)(H,31,32)/b21-15-. The molecule has 34 heavy (non-hydrogen) atoms. The predicted octanol–water partition coefficient (Wildman–Crippen LogP) is 2.31. The number of aliphatic hydroxyl groups is 1. The first kappa shape index (κ1) is 27.1. The van der Waals surface area contributed by atoms with Gasteiger partial charge in [-0.3, -0.25) is 29.0 Å². The highest BCUT2D eigenvalue weighted by Gasteiger charge is 2.38. The number of hydrogen-bond donors (Lipinski definition) is 3. The van der Waals surface area contributed by atoms with Crippen LogP contribution in [-0.2, 0) is 23.9 Å². The number of carbonyl (C=O) groups is 5. The van der Waals surface area contributed by atoms with Crippen LogP contribution in [0.3, 0.4) is 0 Å². The molecule has 0 aromatic rings. The molecular weight excluding hydrogens is 446 g/mol. The lowest BCUT2D eigenvalue weighted by Gasteiger charge is -2.39. The quantitative estimate of drug-likeness (QED) is 0.196. The third kappa shape index (κ3) is 6.94. The van der Waals surface area contributed by atoms with E-state index < -0.39 is 47.8 Å². The van der Waals surface area contributed by atoms with E-state index in [4.69, 9.17) is 4.74 Å². The Kier molecular flexibility index (Phi) is 10.3. The van der Waals surface area contributed by atoms with Gasteiger partial charge >= 0.3 is 18.0 Å². The lowest BCUT2D eigenvalue weighted by molar-refractivity contribution is -0.144. The molecule has 0 spiro atoms. The summed E-state index contributed by atoms with van der Waals surface area (Å²) in [5.74, 6) is -3.33. The summed E-state index contributed by atoms with van der Waals surface area (Å²) in [5.41, 5.74) is -0.163. The van der Waals surface area contributed by atoms with Crippen LogP contribution in [0.25, 0.3) is 0 Å². The molecule has 0 aromatic heterocycles. The molecule has 0 unspecified atom stereocenters. The van der Waals surface area contributed by atoms with Crippen LogP contribution in [0.5, 0.6) is 0 Å². The number of nitrogens with one attached hydrogen (secondary N) is 1. The molecule has 0 atom stereocenters. The van der Waals surface area contributed by atoms with Gasteiger partial charge in [-0.1, -0.05) is 19.3 Å². The molecule has 2 aliphatic rings. The molecule has 0 saturated heterocycles. The maximum Gasteiger partial charge on any atom is 0.333 e. The minimum absolute atomic E-state index is 0.161. The van der Waals surface area contributed by atoms with E-state index in [0.717, 1.165) is 29.1 Å². The normalized spacial score (nSPS) is 21.6. The molecule has 4 amide bonds. The van der Waals surface area contributed by atoms with Gasteiger partial charge in [0.15, 0.2) is 0 Å². The maximum absolute atomic E-state index is 13.5. The van der Waals surface area contributed by atoms with Crippen molar-refractivity contribution in [3.8, 4) is 0 Å². The summed E-state index contributed by atoms with van der Waals surface area (Å²) in [6.07, 6.45) is 5.66. The zero-order valence-electron chi connectivity index (χ0n) is 19.8. The molecule has 2 rings (SSSR count). The number of carboxylic acids is 1. The molecule has 0 aliphatic heterocycles. The van der Waals surface area contributed by atoms with E-state index in [2.05, 4.69) is 5.32 Å². The molecular formula is C23H35N3O8. The Morgan fingerprint density at radius 3 is 2.12 bits per heavy atom. The Hall–Kier alpha value is -3.11. The van der Waals surface area contributed by atoms with E-state index in [1.807, 2.05) is 0 Å².